The van der Waals surface area contributed by atoms with Crippen LogP contribution in [-0.2, 0) is 11.3 Å². The zero-order valence-corrected chi connectivity index (χ0v) is 18.3. The molecule has 0 spiro atoms. The molecule has 0 saturated carbocycles. The number of nitrogens with one attached hydrogen (secondary N) is 1. The first-order valence-corrected chi connectivity index (χ1v) is 10.7. The van der Waals surface area contributed by atoms with Gasteiger partial charge in [-0.1, -0.05) is 42.0 Å². The van der Waals surface area contributed by atoms with Gasteiger partial charge in [0.05, 0.1) is 22.0 Å². The minimum atomic E-state index is -0.386. The van der Waals surface area contributed by atoms with E-state index in [4.69, 9.17) is 4.74 Å². The molecule has 0 fully saturated rings. The number of anilines is 1. The van der Waals surface area contributed by atoms with Crippen molar-refractivity contribution in [2.24, 2.45) is 0 Å². The molecule has 0 saturated heterocycles. The molecule has 0 atom stereocenters. The number of benzene rings is 2. The van der Waals surface area contributed by atoms with E-state index in [9.17, 15) is 9.59 Å². The van der Waals surface area contributed by atoms with Crippen molar-refractivity contribution in [2.45, 2.75) is 27.3 Å². The summed E-state index contributed by atoms with van der Waals surface area (Å²) < 4.78 is 7.45. The highest BCUT2D eigenvalue weighted by Gasteiger charge is 2.18. The van der Waals surface area contributed by atoms with Crippen LogP contribution in [0.2, 0.25) is 0 Å². The number of carbonyl (C=O) groups excluding carboxylic acids is 1. The lowest BCUT2D eigenvalue weighted by molar-refractivity contribution is -0.117. The van der Waals surface area contributed by atoms with Gasteiger partial charge in [-0.15, -0.1) is 11.3 Å². The van der Waals surface area contributed by atoms with Crippen molar-refractivity contribution >= 4 is 33.1 Å². The van der Waals surface area contributed by atoms with Gasteiger partial charge in [0.2, 0.25) is 5.91 Å². The summed E-state index contributed by atoms with van der Waals surface area (Å²) in [4.78, 5) is 30.1. The fourth-order valence-corrected chi connectivity index (χ4v) is 4.17. The Hall–Kier alpha value is -3.52. The van der Waals surface area contributed by atoms with Gasteiger partial charge in [0.25, 0.3) is 5.56 Å². The zero-order chi connectivity index (χ0) is 22.0. The van der Waals surface area contributed by atoms with Crippen LogP contribution >= 0.6 is 11.3 Å². The molecular weight excluding hydrogens is 412 g/mol. The number of thiazole rings is 1. The summed E-state index contributed by atoms with van der Waals surface area (Å²) in [6.45, 7) is 5.98. The predicted molar refractivity (Wildman–Crippen MR) is 123 cm³/mol. The SMILES string of the molecule is CCOc1ccccc1NC(=O)Cn1nc(-c2ccc(C)cc2)c2sc(C)nc2c1=O. The van der Waals surface area contributed by atoms with E-state index >= 15 is 0 Å². The number of nitrogens with zero attached hydrogens (tertiary/aromatic N) is 3. The Labute approximate surface area is 183 Å². The number of hydrogen-bond donors (Lipinski definition) is 1. The molecule has 4 rings (SSSR count). The molecule has 0 unspecified atom stereocenters. The number of rotatable bonds is 6. The number of para-hydroxylation sites is 2. The molecule has 2 heterocycles. The lowest BCUT2D eigenvalue weighted by atomic mass is 10.1. The summed E-state index contributed by atoms with van der Waals surface area (Å²) in [5.74, 6) is 0.201. The Bertz CT molecular complexity index is 1310. The average Bonchev–Trinajstić information content (AvgIpc) is 3.14. The fourth-order valence-electron chi connectivity index (χ4n) is 3.25. The van der Waals surface area contributed by atoms with E-state index in [0.29, 0.717) is 29.3 Å². The van der Waals surface area contributed by atoms with E-state index < -0.39 is 0 Å². The smallest absolute Gasteiger partial charge is 0.294 e. The monoisotopic (exact) mass is 434 g/mol. The summed E-state index contributed by atoms with van der Waals surface area (Å²) >= 11 is 1.43. The highest BCUT2D eigenvalue weighted by Crippen LogP contribution is 2.29. The molecule has 0 radical (unpaired) electrons. The van der Waals surface area contributed by atoms with Gasteiger partial charge >= 0.3 is 0 Å². The molecule has 2 aromatic heterocycles. The minimum Gasteiger partial charge on any atom is -0.492 e. The van der Waals surface area contributed by atoms with E-state index in [0.717, 1.165) is 20.8 Å². The molecule has 0 aliphatic carbocycles. The Balaban J connectivity index is 1.71. The molecule has 31 heavy (non-hydrogen) atoms. The number of amides is 1. The van der Waals surface area contributed by atoms with Crippen LogP contribution in [0.4, 0.5) is 5.69 Å². The van der Waals surface area contributed by atoms with Gasteiger partial charge in [0, 0.05) is 5.56 Å². The van der Waals surface area contributed by atoms with E-state index in [2.05, 4.69) is 15.4 Å². The van der Waals surface area contributed by atoms with Crippen LogP contribution in [0.25, 0.3) is 21.5 Å². The fraction of sp³-hybridized carbons (Fsp3) is 0.217. The second-order valence-corrected chi connectivity index (χ2v) is 8.27. The first kappa shape index (κ1) is 20.7. The summed E-state index contributed by atoms with van der Waals surface area (Å²) in [6.07, 6.45) is 0. The lowest BCUT2D eigenvalue weighted by Crippen LogP contribution is -2.30. The number of fused-ring (bicyclic) bond motifs is 1. The Morgan fingerprint density at radius 1 is 1.13 bits per heavy atom. The van der Waals surface area contributed by atoms with E-state index in [1.54, 1.807) is 12.1 Å². The second kappa shape index (κ2) is 8.69. The number of carbonyl (C=O) groups is 1. The predicted octanol–water partition coefficient (Wildman–Crippen LogP) is 4.17. The largest absolute Gasteiger partial charge is 0.492 e. The van der Waals surface area contributed by atoms with Crippen LogP contribution < -0.4 is 15.6 Å². The molecule has 8 heteroatoms. The molecule has 1 N–H and O–H groups in total. The van der Waals surface area contributed by atoms with Crippen molar-refractivity contribution in [3.63, 3.8) is 0 Å². The van der Waals surface area contributed by atoms with Crippen LogP contribution in [0.15, 0.2) is 53.3 Å². The summed E-state index contributed by atoms with van der Waals surface area (Å²) in [5.41, 5.74) is 3.13. The van der Waals surface area contributed by atoms with Gasteiger partial charge < -0.3 is 10.1 Å². The molecule has 2 aromatic carbocycles. The Morgan fingerprint density at radius 3 is 2.61 bits per heavy atom. The maximum atomic E-state index is 13.0. The van der Waals surface area contributed by atoms with Gasteiger partial charge in [-0.05, 0) is 32.9 Å². The van der Waals surface area contributed by atoms with Gasteiger partial charge in [0.1, 0.15) is 18.0 Å². The average molecular weight is 435 g/mol. The number of ether oxygens (including phenoxy) is 1. The summed E-state index contributed by atoms with van der Waals surface area (Å²) in [5, 5.41) is 8.12. The van der Waals surface area contributed by atoms with E-state index in [-0.39, 0.29) is 18.0 Å². The van der Waals surface area contributed by atoms with E-state index in [1.807, 2.05) is 57.2 Å². The second-order valence-electron chi connectivity index (χ2n) is 7.07. The third-order valence-corrected chi connectivity index (χ3v) is 5.66. The molecule has 158 valence electrons. The van der Waals surface area contributed by atoms with Crippen molar-refractivity contribution < 1.29 is 9.53 Å². The number of hydrogen-bond acceptors (Lipinski definition) is 6. The Morgan fingerprint density at radius 2 is 1.87 bits per heavy atom. The quantitative estimate of drug-likeness (QED) is 0.492. The topological polar surface area (TPSA) is 86.1 Å². The van der Waals surface area contributed by atoms with Gasteiger partial charge in [-0.2, -0.15) is 5.10 Å². The maximum absolute atomic E-state index is 13.0. The highest BCUT2D eigenvalue weighted by molar-refractivity contribution is 7.19. The van der Waals surface area contributed by atoms with Gasteiger partial charge in [0.15, 0.2) is 5.52 Å². The van der Waals surface area contributed by atoms with Crippen LogP contribution in [0, 0.1) is 13.8 Å². The van der Waals surface area contributed by atoms with Crippen molar-refractivity contribution in [2.75, 3.05) is 11.9 Å². The minimum absolute atomic E-state index is 0.231. The molecule has 0 aliphatic rings. The van der Waals surface area contributed by atoms with Crippen molar-refractivity contribution in [1.29, 1.82) is 0 Å². The molecule has 7 nitrogen and oxygen atoms in total. The third kappa shape index (κ3) is 4.34. The van der Waals surface area contributed by atoms with Gasteiger partial charge in [-0.25, -0.2) is 9.67 Å². The van der Waals surface area contributed by atoms with Crippen LogP contribution in [0.1, 0.15) is 17.5 Å². The first-order chi connectivity index (χ1) is 15.0. The van der Waals surface area contributed by atoms with Crippen molar-refractivity contribution in [3.8, 4) is 17.0 Å². The first-order valence-electron chi connectivity index (χ1n) is 9.93. The molecule has 4 aromatic rings. The number of aromatic nitrogens is 3. The van der Waals surface area contributed by atoms with E-state index in [1.165, 1.54) is 16.0 Å². The van der Waals surface area contributed by atoms with Crippen LogP contribution in [-0.4, -0.2) is 27.3 Å². The number of aryl methyl sites for hydroxylation is 2. The maximum Gasteiger partial charge on any atom is 0.294 e. The van der Waals surface area contributed by atoms with Crippen LogP contribution in [0.5, 0.6) is 5.75 Å². The molecular formula is C23H22N4O3S. The van der Waals surface area contributed by atoms with Crippen molar-refractivity contribution in [1.82, 2.24) is 14.8 Å². The molecule has 0 bridgehead atoms. The molecule has 0 aliphatic heterocycles. The normalized spacial score (nSPS) is 10.9. The summed E-state index contributed by atoms with van der Waals surface area (Å²) in [7, 11) is 0. The third-order valence-electron chi connectivity index (χ3n) is 4.69. The molecule has 1 amide bonds. The summed E-state index contributed by atoms with van der Waals surface area (Å²) in [6, 6.07) is 15.1. The van der Waals surface area contributed by atoms with Crippen molar-refractivity contribution in [3.05, 3.63) is 69.5 Å². The van der Waals surface area contributed by atoms with Crippen LogP contribution in [0.3, 0.4) is 0 Å². The highest BCUT2D eigenvalue weighted by atomic mass is 32.1. The zero-order valence-electron chi connectivity index (χ0n) is 17.5. The standard InChI is InChI=1S/C23H22N4O3S/c1-4-30-18-8-6-5-7-17(18)25-19(28)13-27-23(29)21-22(31-15(3)24-21)20(26-27)16-11-9-14(2)10-12-16/h5-12H,4,13H2,1-3H3,(H,25,28). The lowest BCUT2D eigenvalue weighted by Gasteiger charge is -2.12. The van der Waals surface area contributed by atoms with Gasteiger partial charge in [-0.3, -0.25) is 9.59 Å². The Kier molecular flexibility index (Phi) is 5.81.